The van der Waals surface area contributed by atoms with E-state index in [9.17, 15) is 13.0 Å². The molecule has 0 bridgehead atoms. The maximum atomic E-state index is 12.7. The standard InChI is InChI=1S/C24H26ClN3O4S/c1-17-4-2-3-5-19(17)11-23-12-22(33(29,30)31)21(10-18-6-8-20(25)9-7-18)24(23,32-14-23)13-28-16-26-15-27-28/h2-9,15-16,21-22H,10-14H2,1H3,(H,29,30,31). The zero-order valence-corrected chi connectivity index (χ0v) is 19.8. The summed E-state index contributed by atoms with van der Waals surface area (Å²) in [6, 6.07) is 15.5. The summed E-state index contributed by atoms with van der Waals surface area (Å²) in [7, 11) is -4.31. The first kappa shape index (κ1) is 22.5. The molecule has 1 aliphatic heterocycles. The molecular formula is C24H26ClN3O4S. The van der Waals surface area contributed by atoms with Gasteiger partial charge in [-0.15, -0.1) is 0 Å². The zero-order valence-electron chi connectivity index (χ0n) is 18.3. The number of benzene rings is 2. The van der Waals surface area contributed by atoms with Gasteiger partial charge >= 0.3 is 0 Å². The fraction of sp³-hybridized carbons (Fsp3) is 0.417. The molecule has 174 valence electrons. The number of hydrogen-bond donors (Lipinski definition) is 1. The lowest BCUT2D eigenvalue weighted by Gasteiger charge is -2.57. The second-order valence-electron chi connectivity index (χ2n) is 9.35. The van der Waals surface area contributed by atoms with Crippen LogP contribution in [0.1, 0.15) is 23.1 Å². The molecule has 33 heavy (non-hydrogen) atoms. The van der Waals surface area contributed by atoms with Gasteiger partial charge in [0.1, 0.15) is 18.3 Å². The first-order chi connectivity index (χ1) is 15.7. The molecule has 0 amide bonds. The largest absolute Gasteiger partial charge is 0.371 e. The molecule has 0 spiro atoms. The van der Waals surface area contributed by atoms with Gasteiger partial charge in [-0.3, -0.25) is 9.23 Å². The molecule has 1 aliphatic carbocycles. The molecule has 1 N–H and O–H groups in total. The summed E-state index contributed by atoms with van der Waals surface area (Å²) in [5.74, 6) is -0.462. The van der Waals surface area contributed by atoms with Crippen LogP contribution in [0, 0.1) is 18.3 Å². The minimum Gasteiger partial charge on any atom is -0.371 e. The topological polar surface area (TPSA) is 94.3 Å². The van der Waals surface area contributed by atoms with Gasteiger partial charge < -0.3 is 4.74 Å². The Kier molecular flexibility index (Phi) is 5.60. The quantitative estimate of drug-likeness (QED) is 0.510. The first-order valence-corrected chi connectivity index (χ1v) is 12.8. The molecule has 2 fully saturated rings. The average Bonchev–Trinajstić information content (AvgIpc) is 3.33. The van der Waals surface area contributed by atoms with Gasteiger partial charge in [0.25, 0.3) is 10.1 Å². The van der Waals surface area contributed by atoms with Crippen LogP contribution in [0.15, 0.2) is 61.2 Å². The molecule has 9 heteroatoms. The van der Waals surface area contributed by atoms with E-state index < -0.39 is 32.3 Å². The average molecular weight is 488 g/mol. The Morgan fingerprint density at radius 2 is 1.97 bits per heavy atom. The van der Waals surface area contributed by atoms with E-state index in [-0.39, 0.29) is 0 Å². The van der Waals surface area contributed by atoms with Crippen molar-refractivity contribution in [1.82, 2.24) is 14.8 Å². The van der Waals surface area contributed by atoms with Crippen molar-refractivity contribution in [3.63, 3.8) is 0 Å². The zero-order chi connectivity index (χ0) is 23.3. The van der Waals surface area contributed by atoms with Crippen molar-refractivity contribution in [3.8, 4) is 0 Å². The van der Waals surface area contributed by atoms with Gasteiger partial charge in [-0.1, -0.05) is 48.0 Å². The molecule has 1 saturated heterocycles. The minimum absolute atomic E-state index is 0.327. The van der Waals surface area contributed by atoms with Crippen molar-refractivity contribution < 1.29 is 17.7 Å². The number of aromatic nitrogens is 3. The molecule has 2 heterocycles. The number of hydrogen-bond acceptors (Lipinski definition) is 5. The summed E-state index contributed by atoms with van der Waals surface area (Å²) in [4.78, 5) is 4.07. The van der Waals surface area contributed by atoms with E-state index in [2.05, 4.69) is 29.1 Å². The Balaban J connectivity index is 1.61. The van der Waals surface area contributed by atoms with Gasteiger partial charge in [-0.2, -0.15) is 13.5 Å². The van der Waals surface area contributed by atoms with E-state index in [0.717, 1.165) is 16.7 Å². The summed E-state index contributed by atoms with van der Waals surface area (Å²) in [5, 5.41) is 3.96. The van der Waals surface area contributed by atoms with Crippen molar-refractivity contribution >= 4 is 21.7 Å². The highest BCUT2D eigenvalue weighted by Gasteiger charge is 2.72. The predicted molar refractivity (Wildman–Crippen MR) is 125 cm³/mol. The van der Waals surface area contributed by atoms with Crippen LogP contribution in [0.4, 0.5) is 0 Å². The van der Waals surface area contributed by atoms with E-state index >= 15 is 0 Å². The maximum absolute atomic E-state index is 12.7. The number of nitrogens with zero attached hydrogens (tertiary/aromatic N) is 3. The van der Waals surface area contributed by atoms with Gasteiger partial charge in [0.2, 0.25) is 0 Å². The third-order valence-corrected chi connectivity index (χ3v) is 9.06. The Morgan fingerprint density at radius 3 is 2.58 bits per heavy atom. The Labute approximate surface area is 198 Å². The smallest absolute Gasteiger partial charge is 0.268 e. The van der Waals surface area contributed by atoms with E-state index in [1.807, 2.05) is 24.3 Å². The van der Waals surface area contributed by atoms with Crippen molar-refractivity contribution in [2.75, 3.05) is 6.61 Å². The molecule has 2 aromatic carbocycles. The number of aryl methyl sites for hydroxylation is 1. The highest BCUT2D eigenvalue weighted by molar-refractivity contribution is 7.86. The fourth-order valence-electron chi connectivity index (χ4n) is 5.84. The normalized spacial score (nSPS) is 28.9. The van der Waals surface area contributed by atoms with Crippen molar-refractivity contribution in [1.29, 1.82) is 0 Å². The van der Waals surface area contributed by atoms with Crippen molar-refractivity contribution in [2.24, 2.45) is 11.3 Å². The Hall–Kier alpha value is -2.26. The molecule has 0 radical (unpaired) electrons. The highest BCUT2D eigenvalue weighted by Crippen LogP contribution is 2.63. The van der Waals surface area contributed by atoms with Crippen LogP contribution in [0.5, 0.6) is 0 Å². The third kappa shape index (κ3) is 3.89. The predicted octanol–water partition coefficient (Wildman–Crippen LogP) is 3.76. The Morgan fingerprint density at radius 1 is 1.21 bits per heavy atom. The molecule has 1 saturated carbocycles. The molecule has 7 nitrogen and oxygen atoms in total. The van der Waals surface area contributed by atoms with E-state index in [4.69, 9.17) is 16.3 Å². The molecular weight excluding hydrogens is 462 g/mol. The van der Waals surface area contributed by atoms with Crippen LogP contribution in [0.25, 0.3) is 0 Å². The first-order valence-electron chi connectivity index (χ1n) is 10.9. The molecule has 4 atom stereocenters. The van der Waals surface area contributed by atoms with E-state index in [1.54, 1.807) is 23.1 Å². The lowest BCUT2D eigenvalue weighted by atomic mass is 9.63. The summed E-state index contributed by atoms with van der Waals surface area (Å²) >= 11 is 6.06. The van der Waals surface area contributed by atoms with Gasteiger partial charge in [-0.05, 0) is 55.0 Å². The summed E-state index contributed by atoms with van der Waals surface area (Å²) in [6.07, 6.45) is 4.51. The lowest BCUT2D eigenvalue weighted by Crippen LogP contribution is -2.66. The monoisotopic (exact) mass is 487 g/mol. The van der Waals surface area contributed by atoms with Gasteiger partial charge in [0, 0.05) is 16.4 Å². The number of halogens is 1. The second kappa shape index (κ2) is 8.20. The molecule has 2 aliphatic rings. The summed E-state index contributed by atoms with van der Waals surface area (Å²) in [6.45, 7) is 2.85. The van der Waals surface area contributed by atoms with Crippen LogP contribution in [-0.2, 0) is 34.2 Å². The molecule has 3 aromatic rings. The van der Waals surface area contributed by atoms with E-state index in [1.165, 1.54) is 6.33 Å². The third-order valence-electron chi connectivity index (χ3n) is 7.55. The number of rotatable bonds is 7. The van der Waals surface area contributed by atoms with Crippen molar-refractivity contribution in [3.05, 3.63) is 82.9 Å². The van der Waals surface area contributed by atoms with Crippen LogP contribution < -0.4 is 0 Å². The van der Waals surface area contributed by atoms with Gasteiger partial charge in [0.05, 0.1) is 18.4 Å². The van der Waals surface area contributed by atoms with Crippen LogP contribution in [0.3, 0.4) is 0 Å². The highest BCUT2D eigenvalue weighted by atomic mass is 35.5. The maximum Gasteiger partial charge on any atom is 0.268 e. The molecule has 1 aromatic heterocycles. The fourth-order valence-corrected chi connectivity index (χ4v) is 7.22. The second-order valence-corrected chi connectivity index (χ2v) is 11.4. The molecule has 5 rings (SSSR count). The number of fused-ring (bicyclic) bond motifs is 1. The van der Waals surface area contributed by atoms with Crippen molar-refractivity contribution in [2.45, 2.75) is 43.6 Å². The van der Waals surface area contributed by atoms with Crippen LogP contribution in [0.2, 0.25) is 5.02 Å². The Bertz CT molecular complexity index is 1250. The van der Waals surface area contributed by atoms with Crippen LogP contribution >= 0.6 is 11.6 Å². The lowest BCUT2D eigenvalue weighted by molar-refractivity contribution is -0.275. The summed E-state index contributed by atoms with van der Waals surface area (Å²) < 4.78 is 43.7. The number of ether oxygens (including phenoxy) is 1. The minimum atomic E-state index is -4.31. The SMILES string of the molecule is Cc1ccccc1CC12COC1(Cn1cncn1)C(Cc1ccc(Cl)cc1)C(S(=O)(=O)O)C2. The van der Waals surface area contributed by atoms with E-state index in [0.29, 0.717) is 37.4 Å². The van der Waals surface area contributed by atoms with Gasteiger partial charge in [0.15, 0.2) is 0 Å². The molecule has 4 unspecified atom stereocenters. The van der Waals surface area contributed by atoms with Crippen LogP contribution in [-0.4, -0.2) is 45.2 Å². The van der Waals surface area contributed by atoms with Gasteiger partial charge in [-0.25, -0.2) is 4.98 Å². The summed E-state index contributed by atoms with van der Waals surface area (Å²) in [5.41, 5.74) is 1.98.